The van der Waals surface area contributed by atoms with Crippen molar-refractivity contribution in [3.8, 4) is 0 Å². The summed E-state index contributed by atoms with van der Waals surface area (Å²) in [4.78, 5) is 4.02. The van der Waals surface area contributed by atoms with Crippen LogP contribution in [0.1, 0.15) is 11.5 Å². The van der Waals surface area contributed by atoms with Crippen molar-refractivity contribution in [1.82, 2.24) is 25.1 Å². The van der Waals surface area contributed by atoms with Crippen LogP contribution in [0.25, 0.3) is 0 Å². The molecule has 0 amide bonds. The molecule has 5 heteroatoms. The first-order chi connectivity index (χ1) is 6.86. The molecule has 0 fully saturated rings. The zero-order valence-electron chi connectivity index (χ0n) is 8.07. The number of H-pyrrole nitrogens is 1. The minimum atomic E-state index is 0.713. The molecule has 0 spiro atoms. The van der Waals surface area contributed by atoms with E-state index in [-0.39, 0.29) is 0 Å². The van der Waals surface area contributed by atoms with E-state index in [0.717, 1.165) is 12.4 Å². The van der Waals surface area contributed by atoms with Gasteiger partial charge in [0.05, 0.1) is 6.54 Å². The highest BCUT2D eigenvalue weighted by molar-refractivity contribution is 5.05. The van der Waals surface area contributed by atoms with Gasteiger partial charge in [-0.1, -0.05) is 0 Å². The third-order valence-corrected chi connectivity index (χ3v) is 2.11. The fraction of sp³-hybridized carbons (Fsp3) is 0.333. The maximum Gasteiger partial charge on any atom is 0.138 e. The first-order valence-electron chi connectivity index (χ1n) is 4.51. The molecule has 14 heavy (non-hydrogen) atoms. The molecule has 0 aliphatic rings. The predicted octanol–water partition coefficient (Wildman–Crippen LogP) is 0.433. The van der Waals surface area contributed by atoms with Crippen LogP contribution < -0.4 is 5.32 Å². The largest absolute Gasteiger partial charge is 0.353 e. The topological polar surface area (TPSA) is 58.5 Å². The van der Waals surface area contributed by atoms with Gasteiger partial charge in [-0.05, 0) is 12.1 Å². The average molecular weight is 191 g/mol. The lowest BCUT2D eigenvalue weighted by Crippen LogP contribution is -2.15. The second-order valence-electron chi connectivity index (χ2n) is 3.15. The molecule has 0 aliphatic heterocycles. The molecular formula is C9H13N5. The molecule has 2 heterocycles. The SMILES string of the molecule is Cn1cccc1CNCc1ncn[nH]1. The number of aromatic amines is 1. The lowest BCUT2D eigenvalue weighted by Gasteiger charge is -2.03. The normalized spacial score (nSPS) is 10.6. The zero-order chi connectivity index (χ0) is 9.80. The van der Waals surface area contributed by atoms with E-state index in [4.69, 9.17) is 0 Å². The first-order valence-corrected chi connectivity index (χ1v) is 4.51. The standard InChI is InChI=1S/C9H13N5/c1-14-4-2-3-8(14)5-10-6-9-11-7-12-13-9/h2-4,7,10H,5-6H2,1H3,(H,11,12,13). The Labute approximate surface area is 82.2 Å². The molecule has 0 unspecified atom stereocenters. The smallest absolute Gasteiger partial charge is 0.138 e. The lowest BCUT2D eigenvalue weighted by molar-refractivity contribution is 0.635. The van der Waals surface area contributed by atoms with Gasteiger partial charge in [0.25, 0.3) is 0 Å². The Morgan fingerprint density at radius 3 is 3.07 bits per heavy atom. The fourth-order valence-corrected chi connectivity index (χ4v) is 1.31. The van der Waals surface area contributed by atoms with Gasteiger partial charge >= 0.3 is 0 Å². The number of rotatable bonds is 4. The Morgan fingerprint density at radius 2 is 2.43 bits per heavy atom. The summed E-state index contributed by atoms with van der Waals surface area (Å²) < 4.78 is 2.09. The maximum atomic E-state index is 4.02. The van der Waals surface area contributed by atoms with Crippen LogP contribution in [-0.2, 0) is 20.1 Å². The quantitative estimate of drug-likeness (QED) is 0.737. The van der Waals surface area contributed by atoms with Gasteiger partial charge < -0.3 is 9.88 Å². The van der Waals surface area contributed by atoms with E-state index in [1.54, 1.807) is 0 Å². The van der Waals surface area contributed by atoms with E-state index in [0.29, 0.717) is 6.54 Å². The molecule has 0 radical (unpaired) electrons. The van der Waals surface area contributed by atoms with Crippen molar-refractivity contribution in [3.63, 3.8) is 0 Å². The number of hydrogen-bond acceptors (Lipinski definition) is 3. The summed E-state index contributed by atoms with van der Waals surface area (Å²) in [6.07, 6.45) is 3.55. The molecule has 2 aromatic heterocycles. The second-order valence-corrected chi connectivity index (χ2v) is 3.15. The zero-order valence-corrected chi connectivity index (χ0v) is 8.07. The summed E-state index contributed by atoms with van der Waals surface area (Å²) in [5.74, 6) is 0.860. The molecule has 0 saturated heterocycles. The summed E-state index contributed by atoms with van der Waals surface area (Å²) in [5.41, 5.74) is 1.25. The molecule has 2 rings (SSSR count). The minimum absolute atomic E-state index is 0.713. The van der Waals surface area contributed by atoms with Crippen molar-refractivity contribution in [2.75, 3.05) is 0 Å². The summed E-state index contributed by atoms with van der Waals surface area (Å²) in [7, 11) is 2.03. The van der Waals surface area contributed by atoms with E-state index in [1.165, 1.54) is 12.0 Å². The van der Waals surface area contributed by atoms with Crippen LogP contribution in [0, 0.1) is 0 Å². The van der Waals surface area contributed by atoms with Gasteiger partial charge in [-0.2, -0.15) is 5.10 Å². The molecule has 0 atom stereocenters. The van der Waals surface area contributed by atoms with Crippen LogP contribution in [-0.4, -0.2) is 19.7 Å². The monoisotopic (exact) mass is 191 g/mol. The second kappa shape index (κ2) is 4.06. The van der Waals surface area contributed by atoms with Crippen LogP contribution in [0.15, 0.2) is 24.7 Å². The van der Waals surface area contributed by atoms with Crippen molar-refractivity contribution >= 4 is 0 Å². The number of aromatic nitrogens is 4. The van der Waals surface area contributed by atoms with E-state index in [1.807, 2.05) is 19.3 Å². The Balaban J connectivity index is 1.81. The minimum Gasteiger partial charge on any atom is -0.353 e. The van der Waals surface area contributed by atoms with E-state index in [9.17, 15) is 0 Å². The predicted molar refractivity (Wildman–Crippen MR) is 52.3 cm³/mol. The van der Waals surface area contributed by atoms with Gasteiger partial charge in [0.1, 0.15) is 12.2 Å². The number of hydrogen-bond donors (Lipinski definition) is 2. The van der Waals surface area contributed by atoms with E-state index < -0.39 is 0 Å². The Hall–Kier alpha value is -1.62. The molecule has 5 nitrogen and oxygen atoms in total. The van der Waals surface area contributed by atoms with Gasteiger partial charge in [-0.3, -0.25) is 5.10 Å². The molecule has 0 saturated carbocycles. The van der Waals surface area contributed by atoms with Crippen LogP contribution in [0.4, 0.5) is 0 Å². The maximum absolute atomic E-state index is 4.02. The van der Waals surface area contributed by atoms with Gasteiger partial charge in [0, 0.05) is 25.5 Å². The van der Waals surface area contributed by atoms with Crippen LogP contribution >= 0.6 is 0 Å². The van der Waals surface area contributed by atoms with Crippen LogP contribution in [0.3, 0.4) is 0 Å². The van der Waals surface area contributed by atoms with E-state index in [2.05, 4.69) is 31.1 Å². The molecule has 0 aromatic carbocycles. The van der Waals surface area contributed by atoms with Gasteiger partial charge in [-0.25, -0.2) is 4.98 Å². The highest BCUT2D eigenvalue weighted by Crippen LogP contribution is 1.98. The van der Waals surface area contributed by atoms with Crippen LogP contribution in [0.2, 0.25) is 0 Å². The summed E-state index contributed by atoms with van der Waals surface area (Å²) in [6.45, 7) is 1.55. The third kappa shape index (κ3) is 2.00. The van der Waals surface area contributed by atoms with Crippen molar-refractivity contribution in [1.29, 1.82) is 0 Å². The van der Waals surface area contributed by atoms with Crippen molar-refractivity contribution in [3.05, 3.63) is 36.2 Å². The van der Waals surface area contributed by atoms with Gasteiger partial charge in [-0.15, -0.1) is 0 Å². The highest BCUT2D eigenvalue weighted by Gasteiger charge is 1.97. The van der Waals surface area contributed by atoms with Crippen molar-refractivity contribution < 1.29 is 0 Å². The molecular weight excluding hydrogens is 178 g/mol. The third-order valence-electron chi connectivity index (χ3n) is 2.11. The van der Waals surface area contributed by atoms with Crippen molar-refractivity contribution in [2.45, 2.75) is 13.1 Å². The van der Waals surface area contributed by atoms with Crippen LogP contribution in [0.5, 0.6) is 0 Å². The van der Waals surface area contributed by atoms with E-state index >= 15 is 0 Å². The fourth-order valence-electron chi connectivity index (χ4n) is 1.31. The summed E-state index contributed by atoms with van der Waals surface area (Å²) >= 11 is 0. The average Bonchev–Trinajstić information content (AvgIpc) is 2.78. The molecule has 0 bridgehead atoms. The lowest BCUT2D eigenvalue weighted by atomic mass is 10.4. The molecule has 0 aliphatic carbocycles. The first kappa shape index (κ1) is 8.96. The Morgan fingerprint density at radius 1 is 1.50 bits per heavy atom. The van der Waals surface area contributed by atoms with Gasteiger partial charge in [0.2, 0.25) is 0 Å². The molecule has 2 aromatic rings. The molecule has 2 N–H and O–H groups in total. The number of aryl methyl sites for hydroxylation is 1. The summed E-state index contributed by atoms with van der Waals surface area (Å²) in [6, 6.07) is 4.12. The number of nitrogens with zero attached hydrogens (tertiary/aromatic N) is 3. The number of nitrogens with one attached hydrogen (secondary N) is 2. The Bertz CT molecular complexity index is 376. The Kier molecular flexibility index (Phi) is 2.60. The van der Waals surface area contributed by atoms with Crippen molar-refractivity contribution in [2.24, 2.45) is 7.05 Å². The summed E-state index contributed by atoms with van der Waals surface area (Å²) in [5, 5.41) is 9.85. The van der Waals surface area contributed by atoms with Gasteiger partial charge in [0.15, 0.2) is 0 Å². The highest BCUT2D eigenvalue weighted by atomic mass is 15.2. The molecule has 74 valence electrons.